The summed E-state index contributed by atoms with van der Waals surface area (Å²) in [5.74, 6) is -0.639. The summed E-state index contributed by atoms with van der Waals surface area (Å²) in [6.07, 6.45) is 0. The number of benzene rings is 1. The number of hydrogen-bond acceptors (Lipinski definition) is 5. The lowest BCUT2D eigenvalue weighted by molar-refractivity contribution is -0.0991. The minimum Gasteiger partial charge on any atom is -0.465 e. The van der Waals surface area contributed by atoms with E-state index in [9.17, 15) is 9.90 Å². The van der Waals surface area contributed by atoms with Gasteiger partial charge in [-0.15, -0.1) is 0 Å². The summed E-state index contributed by atoms with van der Waals surface area (Å²) in [7, 11) is 1.32. The Bertz CT molecular complexity index is 514. The average Bonchev–Trinajstić information content (AvgIpc) is 2.72. The SMILES string of the molecule is COC(=O)c1cc(Br)c2c(c1C)OC(C)(CO)O2. The van der Waals surface area contributed by atoms with Crippen molar-refractivity contribution < 1.29 is 24.1 Å². The Balaban J connectivity index is 2.55. The smallest absolute Gasteiger partial charge is 0.338 e. The van der Waals surface area contributed by atoms with Crippen molar-refractivity contribution in [2.24, 2.45) is 0 Å². The first kappa shape index (κ1) is 13.2. The van der Waals surface area contributed by atoms with Crippen molar-refractivity contribution in [3.63, 3.8) is 0 Å². The van der Waals surface area contributed by atoms with Crippen molar-refractivity contribution in [2.75, 3.05) is 13.7 Å². The zero-order valence-corrected chi connectivity index (χ0v) is 11.8. The van der Waals surface area contributed by atoms with Gasteiger partial charge in [0.15, 0.2) is 11.5 Å². The highest BCUT2D eigenvalue weighted by Crippen LogP contribution is 2.47. The van der Waals surface area contributed by atoms with Gasteiger partial charge in [0, 0.05) is 12.5 Å². The topological polar surface area (TPSA) is 65.0 Å². The predicted octanol–water partition coefficient (Wildman–Crippen LogP) is 2.02. The molecule has 0 saturated carbocycles. The molecule has 0 aromatic heterocycles. The molecule has 0 bridgehead atoms. The maximum absolute atomic E-state index is 11.6. The molecular weight excluding hydrogens is 304 g/mol. The quantitative estimate of drug-likeness (QED) is 0.846. The van der Waals surface area contributed by atoms with Gasteiger partial charge in [0.2, 0.25) is 0 Å². The molecule has 1 aliphatic heterocycles. The van der Waals surface area contributed by atoms with Crippen LogP contribution >= 0.6 is 15.9 Å². The van der Waals surface area contributed by atoms with E-state index in [1.807, 2.05) is 0 Å². The van der Waals surface area contributed by atoms with E-state index in [1.165, 1.54) is 7.11 Å². The van der Waals surface area contributed by atoms with Crippen molar-refractivity contribution in [2.45, 2.75) is 19.6 Å². The first-order valence-electron chi connectivity index (χ1n) is 5.32. The van der Waals surface area contributed by atoms with Gasteiger partial charge in [-0.1, -0.05) is 0 Å². The average molecular weight is 317 g/mol. The Hall–Kier alpha value is -1.27. The van der Waals surface area contributed by atoms with Gasteiger partial charge in [0.05, 0.1) is 17.1 Å². The van der Waals surface area contributed by atoms with E-state index in [1.54, 1.807) is 19.9 Å². The maximum Gasteiger partial charge on any atom is 0.338 e. The fourth-order valence-corrected chi connectivity index (χ4v) is 2.25. The number of hydrogen-bond donors (Lipinski definition) is 1. The largest absolute Gasteiger partial charge is 0.465 e. The molecular formula is C12H13BrO5. The minimum absolute atomic E-state index is 0.291. The van der Waals surface area contributed by atoms with Gasteiger partial charge >= 0.3 is 5.97 Å². The molecule has 1 unspecified atom stereocenters. The molecule has 0 spiro atoms. The molecule has 1 aromatic rings. The van der Waals surface area contributed by atoms with E-state index in [0.717, 1.165) is 0 Å². The molecule has 2 rings (SSSR count). The molecule has 1 heterocycles. The van der Waals surface area contributed by atoms with E-state index in [-0.39, 0.29) is 6.61 Å². The lowest BCUT2D eigenvalue weighted by Crippen LogP contribution is -2.38. The van der Waals surface area contributed by atoms with Crippen LogP contribution in [0.2, 0.25) is 0 Å². The number of ether oxygens (including phenoxy) is 3. The van der Waals surface area contributed by atoms with Crippen molar-refractivity contribution in [1.82, 2.24) is 0 Å². The first-order valence-corrected chi connectivity index (χ1v) is 6.11. The molecule has 0 saturated heterocycles. The lowest BCUT2D eigenvalue weighted by atomic mass is 10.1. The summed E-state index contributed by atoms with van der Waals surface area (Å²) < 4.78 is 16.4. The van der Waals surface area contributed by atoms with E-state index < -0.39 is 11.8 Å². The second-order valence-electron chi connectivity index (χ2n) is 4.18. The van der Waals surface area contributed by atoms with Crippen LogP contribution in [0.3, 0.4) is 0 Å². The monoisotopic (exact) mass is 316 g/mol. The molecule has 6 heteroatoms. The van der Waals surface area contributed by atoms with Crippen LogP contribution < -0.4 is 9.47 Å². The highest BCUT2D eigenvalue weighted by atomic mass is 79.9. The molecule has 0 fully saturated rings. The molecule has 1 N–H and O–H groups in total. The highest BCUT2D eigenvalue weighted by Gasteiger charge is 2.39. The zero-order chi connectivity index (χ0) is 13.5. The van der Waals surface area contributed by atoms with Crippen LogP contribution in [0, 0.1) is 6.92 Å². The van der Waals surface area contributed by atoms with Crippen LogP contribution in [0.1, 0.15) is 22.8 Å². The number of esters is 1. The number of halogens is 1. The third-order valence-corrected chi connectivity index (χ3v) is 3.36. The fraction of sp³-hybridized carbons (Fsp3) is 0.417. The molecule has 1 atom stereocenters. The summed E-state index contributed by atoms with van der Waals surface area (Å²) in [6, 6.07) is 1.62. The number of fused-ring (bicyclic) bond motifs is 1. The normalized spacial score (nSPS) is 20.9. The van der Waals surface area contributed by atoms with Gasteiger partial charge in [0.25, 0.3) is 5.79 Å². The van der Waals surface area contributed by atoms with Crippen LogP contribution in [-0.2, 0) is 4.74 Å². The van der Waals surface area contributed by atoms with Crippen LogP contribution in [-0.4, -0.2) is 30.6 Å². The van der Waals surface area contributed by atoms with Crippen LogP contribution in [0.5, 0.6) is 11.5 Å². The number of aliphatic hydroxyl groups excluding tert-OH is 1. The van der Waals surface area contributed by atoms with Crippen molar-refractivity contribution in [3.8, 4) is 11.5 Å². The number of carbonyl (C=O) groups is 1. The van der Waals surface area contributed by atoms with Crippen molar-refractivity contribution in [3.05, 3.63) is 21.7 Å². The molecule has 98 valence electrons. The van der Waals surface area contributed by atoms with Gasteiger partial charge in [0.1, 0.15) is 6.61 Å². The first-order chi connectivity index (χ1) is 8.41. The van der Waals surface area contributed by atoms with Gasteiger partial charge in [-0.25, -0.2) is 4.79 Å². The van der Waals surface area contributed by atoms with Crippen molar-refractivity contribution >= 4 is 21.9 Å². The summed E-state index contributed by atoms with van der Waals surface area (Å²) in [5, 5.41) is 9.25. The van der Waals surface area contributed by atoms with E-state index in [2.05, 4.69) is 15.9 Å². The summed E-state index contributed by atoms with van der Waals surface area (Å²) in [6.45, 7) is 3.07. The Morgan fingerprint density at radius 2 is 2.11 bits per heavy atom. The summed E-state index contributed by atoms with van der Waals surface area (Å²) in [5.41, 5.74) is 1.02. The van der Waals surface area contributed by atoms with Crippen molar-refractivity contribution in [1.29, 1.82) is 0 Å². The Morgan fingerprint density at radius 1 is 1.50 bits per heavy atom. The second kappa shape index (κ2) is 4.44. The minimum atomic E-state index is -1.12. The summed E-state index contributed by atoms with van der Waals surface area (Å²) in [4.78, 5) is 11.6. The fourth-order valence-electron chi connectivity index (χ4n) is 1.76. The Morgan fingerprint density at radius 3 is 2.67 bits per heavy atom. The molecule has 5 nitrogen and oxygen atoms in total. The van der Waals surface area contributed by atoms with Gasteiger partial charge in [-0.3, -0.25) is 0 Å². The predicted molar refractivity (Wildman–Crippen MR) is 67.0 cm³/mol. The standard InChI is InChI=1S/C12H13BrO5/c1-6-7(11(15)16-3)4-8(13)10-9(6)17-12(2,5-14)18-10/h4,14H,5H2,1-3H3. The van der Waals surface area contributed by atoms with E-state index in [4.69, 9.17) is 14.2 Å². The Labute approximate surface area is 113 Å². The maximum atomic E-state index is 11.6. The number of rotatable bonds is 2. The highest BCUT2D eigenvalue weighted by molar-refractivity contribution is 9.10. The Kier molecular flexibility index (Phi) is 3.25. The van der Waals surface area contributed by atoms with E-state index in [0.29, 0.717) is 27.1 Å². The number of methoxy groups -OCH3 is 1. The zero-order valence-electron chi connectivity index (χ0n) is 10.2. The number of aliphatic hydroxyl groups is 1. The third-order valence-electron chi connectivity index (χ3n) is 2.77. The van der Waals surface area contributed by atoms with Gasteiger partial charge in [-0.2, -0.15) is 0 Å². The van der Waals surface area contributed by atoms with Crippen LogP contribution in [0.25, 0.3) is 0 Å². The van der Waals surface area contributed by atoms with Crippen LogP contribution in [0.15, 0.2) is 10.5 Å². The molecule has 0 radical (unpaired) electrons. The molecule has 0 amide bonds. The number of carbonyl (C=O) groups excluding carboxylic acids is 1. The molecule has 1 aliphatic rings. The molecule has 18 heavy (non-hydrogen) atoms. The summed E-state index contributed by atoms with van der Waals surface area (Å²) >= 11 is 3.32. The van der Waals surface area contributed by atoms with Crippen LogP contribution in [0.4, 0.5) is 0 Å². The third kappa shape index (κ3) is 1.95. The lowest BCUT2D eigenvalue weighted by Gasteiger charge is -2.19. The van der Waals surface area contributed by atoms with E-state index >= 15 is 0 Å². The van der Waals surface area contributed by atoms with Gasteiger partial charge in [-0.05, 0) is 28.9 Å². The second-order valence-corrected chi connectivity index (χ2v) is 5.03. The molecule has 0 aliphatic carbocycles. The molecule has 1 aromatic carbocycles. The van der Waals surface area contributed by atoms with Gasteiger partial charge < -0.3 is 19.3 Å².